The molecule has 0 amide bonds. The smallest absolute Gasteiger partial charge is 0.221 e. The van der Waals surface area contributed by atoms with E-state index in [2.05, 4.69) is 43.0 Å². The molecule has 4 nitrogen and oxygen atoms in total. The molecule has 0 bridgehead atoms. The van der Waals surface area contributed by atoms with E-state index in [0.29, 0.717) is 5.92 Å². The molecule has 1 rings (SSSR count). The molecule has 0 atom stereocenters. The number of nitrogens with zero attached hydrogens (tertiary/aromatic N) is 2. The second-order valence-corrected chi connectivity index (χ2v) is 5.50. The van der Waals surface area contributed by atoms with Gasteiger partial charge in [-0.15, -0.1) is 0 Å². The number of unbranched alkanes of at least 4 members (excludes halogenated alkanes) is 2. The molecular weight excluding hydrogens is 250 g/mol. The molecule has 114 valence electrons. The van der Waals surface area contributed by atoms with Gasteiger partial charge in [0.05, 0.1) is 12.2 Å². The molecule has 0 aliphatic carbocycles. The van der Waals surface area contributed by atoms with Crippen molar-refractivity contribution in [2.75, 3.05) is 18.5 Å². The van der Waals surface area contributed by atoms with Crippen LogP contribution in [0.3, 0.4) is 0 Å². The summed E-state index contributed by atoms with van der Waals surface area (Å²) in [6, 6.07) is 0. The van der Waals surface area contributed by atoms with Crippen molar-refractivity contribution < 1.29 is 4.74 Å². The van der Waals surface area contributed by atoms with Crippen molar-refractivity contribution in [1.82, 2.24) is 9.97 Å². The lowest BCUT2D eigenvalue weighted by Gasteiger charge is -2.15. The Morgan fingerprint density at radius 1 is 1.10 bits per heavy atom. The summed E-state index contributed by atoms with van der Waals surface area (Å²) in [6.45, 7) is 12.2. The fourth-order valence-electron chi connectivity index (χ4n) is 1.85. The molecule has 1 aromatic rings. The Hall–Kier alpha value is -1.32. The van der Waals surface area contributed by atoms with Gasteiger partial charge in [0.15, 0.2) is 0 Å². The van der Waals surface area contributed by atoms with Crippen LogP contribution < -0.4 is 10.1 Å². The predicted octanol–water partition coefficient (Wildman–Crippen LogP) is 4.30. The van der Waals surface area contributed by atoms with Gasteiger partial charge in [0.1, 0.15) is 11.6 Å². The van der Waals surface area contributed by atoms with Crippen LogP contribution in [0.1, 0.15) is 70.7 Å². The Kier molecular flexibility index (Phi) is 7.34. The fourth-order valence-corrected chi connectivity index (χ4v) is 1.85. The minimum Gasteiger partial charge on any atom is -0.477 e. The maximum atomic E-state index is 5.86. The first-order valence-electron chi connectivity index (χ1n) is 7.85. The van der Waals surface area contributed by atoms with Gasteiger partial charge in [-0.3, -0.25) is 0 Å². The highest BCUT2D eigenvalue weighted by atomic mass is 16.5. The third kappa shape index (κ3) is 4.99. The van der Waals surface area contributed by atoms with E-state index >= 15 is 0 Å². The zero-order valence-electron chi connectivity index (χ0n) is 13.6. The Labute approximate surface area is 123 Å². The highest BCUT2D eigenvalue weighted by Gasteiger charge is 2.13. The number of rotatable bonds is 9. The summed E-state index contributed by atoms with van der Waals surface area (Å²) >= 11 is 0. The summed E-state index contributed by atoms with van der Waals surface area (Å²) in [4.78, 5) is 9.18. The predicted molar refractivity (Wildman–Crippen MR) is 84.7 cm³/mol. The van der Waals surface area contributed by atoms with Crippen molar-refractivity contribution in [3.8, 4) is 5.88 Å². The fraction of sp³-hybridized carbons (Fsp3) is 0.750. The number of hydrogen-bond donors (Lipinski definition) is 1. The molecule has 0 unspecified atom stereocenters. The minimum absolute atomic E-state index is 0.302. The second kappa shape index (κ2) is 8.77. The van der Waals surface area contributed by atoms with Gasteiger partial charge >= 0.3 is 0 Å². The molecule has 20 heavy (non-hydrogen) atoms. The molecule has 1 aromatic heterocycles. The maximum Gasteiger partial charge on any atom is 0.221 e. The number of nitrogens with one attached hydrogen (secondary N) is 1. The molecule has 0 aliphatic rings. The van der Waals surface area contributed by atoms with Crippen molar-refractivity contribution in [3.05, 3.63) is 11.4 Å². The minimum atomic E-state index is 0.302. The van der Waals surface area contributed by atoms with Gasteiger partial charge in [0.2, 0.25) is 5.88 Å². The van der Waals surface area contributed by atoms with E-state index in [1.807, 2.05) is 6.92 Å². The van der Waals surface area contributed by atoms with Crippen LogP contribution in [0.25, 0.3) is 0 Å². The van der Waals surface area contributed by atoms with E-state index in [9.17, 15) is 0 Å². The monoisotopic (exact) mass is 279 g/mol. The van der Waals surface area contributed by atoms with Crippen LogP contribution in [0, 0.1) is 6.92 Å². The van der Waals surface area contributed by atoms with Gasteiger partial charge in [-0.1, -0.05) is 40.5 Å². The summed E-state index contributed by atoms with van der Waals surface area (Å²) in [5.74, 6) is 2.80. The third-order valence-corrected chi connectivity index (χ3v) is 3.16. The molecule has 1 heterocycles. The molecule has 0 aromatic carbocycles. The number of ether oxygens (including phenoxy) is 1. The Bertz CT molecular complexity index is 405. The van der Waals surface area contributed by atoms with E-state index in [-0.39, 0.29) is 0 Å². The van der Waals surface area contributed by atoms with Gasteiger partial charge in [-0.2, -0.15) is 4.98 Å². The molecule has 0 aliphatic heterocycles. The lowest BCUT2D eigenvalue weighted by Crippen LogP contribution is -2.11. The molecule has 0 saturated heterocycles. The molecule has 0 saturated carbocycles. The Morgan fingerprint density at radius 2 is 1.85 bits per heavy atom. The quantitative estimate of drug-likeness (QED) is 0.685. The first-order valence-corrected chi connectivity index (χ1v) is 7.85. The van der Waals surface area contributed by atoms with E-state index in [0.717, 1.165) is 49.1 Å². The first-order chi connectivity index (χ1) is 9.60. The number of anilines is 1. The molecule has 0 spiro atoms. The van der Waals surface area contributed by atoms with Crippen molar-refractivity contribution >= 4 is 5.82 Å². The lowest BCUT2D eigenvalue weighted by molar-refractivity contribution is 0.291. The first kappa shape index (κ1) is 16.7. The largest absolute Gasteiger partial charge is 0.477 e. The Balaban J connectivity index is 2.86. The summed E-state index contributed by atoms with van der Waals surface area (Å²) in [5.41, 5.74) is 1.01. The molecule has 1 N–H and O–H groups in total. The van der Waals surface area contributed by atoms with Crippen LogP contribution in [0.5, 0.6) is 5.88 Å². The third-order valence-electron chi connectivity index (χ3n) is 3.16. The van der Waals surface area contributed by atoms with Crippen LogP contribution >= 0.6 is 0 Å². The zero-order valence-corrected chi connectivity index (χ0v) is 13.6. The van der Waals surface area contributed by atoms with E-state index < -0.39 is 0 Å². The van der Waals surface area contributed by atoms with Crippen LogP contribution in [-0.2, 0) is 0 Å². The SMILES string of the molecule is CCCCCOc1nc(C(C)C)nc(NCCC)c1C. The van der Waals surface area contributed by atoms with E-state index in [1.54, 1.807) is 0 Å². The molecule has 4 heteroatoms. The molecule has 0 fully saturated rings. The van der Waals surface area contributed by atoms with Crippen LogP contribution in [-0.4, -0.2) is 23.1 Å². The van der Waals surface area contributed by atoms with Gasteiger partial charge in [-0.05, 0) is 19.8 Å². The van der Waals surface area contributed by atoms with Crippen LogP contribution in [0.4, 0.5) is 5.82 Å². The van der Waals surface area contributed by atoms with Crippen molar-refractivity contribution in [3.63, 3.8) is 0 Å². The van der Waals surface area contributed by atoms with Crippen molar-refractivity contribution in [2.45, 2.75) is 66.2 Å². The number of hydrogen-bond acceptors (Lipinski definition) is 4. The topological polar surface area (TPSA) is 47.0 Å². The normalized spacial score (nSPS) is 10.9. The summed E-state index contributed by atoms with van der Waals surface area (Å²) in [6.07, 6.45) is 4.55. The van der Waals surface area contributed by atoms with E-state index in [4.69, 9.17) is 4.74 Å². The summed E-state index contributed by atoms with van der Waals surface area (Å²) < 4.78 is 5.86. The van der Waals surface area contributed by atoms with Crippen molar-refractivity contribution in [1.29, 1.82) is 0 Å². The van der Waals surface area contributed by atoms with Gasteiger partial charge in [0.25, 0.3) is 0 Å². The standard InChI is InChI=1S/C16H29N3O/c1-6-8-9-11-20-16-13(5)15(17-10-7-2)18-14(19-16)12(3)4/h12H,6-11H2,1-5H3,(H,17,18,19). The average Bonchev–Trinajstić information content (AvgIpc) is 2.43. The highest BCUT2D eigenvalue weighted by molar-refractivity contribution is 5.48. The molecule has 0 radical (unpaired) electrons. The Morgan fingerprint density at radius 3 is 2.45 bits per heavy atom. The highest BCUT2D eigenvalue weighted by Crippen LogP contribution is 2.25. The van der Waals surface area contributed by atoms with Gasteiger partial charge < -0.3 is 10.1 Å². The molecular formula is C16H29N3O. The second-order valence-electron chi connectivity index (χ2n) is 5.50. The summed E-state index contributed by atoms with van der Waals surface area (Å²) in [7, 11) is 0. The number of aromatic nitrogens is 2. The lowest BCUT2D eigenvalue weighted by atomic mass is 10.2. The average molecular weight is 279 g/mol. The van der Waals surface area contributed by atoms with Gasteiger partial charge in [-0.25, -0.2) is 4.98 Å². The van der Waals surface area contributed by atoms with Crippen molar-refractivity contribution in [2.24, 2.45) is 0 Å². The van der Waals surface area contributed by atoms with Gasteiger partial charge in [0, 0.05) is 12.5 Å². The zero-order chi connectivity index (χ0) is 15.0. The maximum absolute atomic E-state index is 5.86. The van der Waals surface area contributed by atoms with Crippen LogP contribution in [0.2, 0.25) is 0 Å². The van der Waals surface area contributed by atoms with Crippen LogP contribution in [0.15, 0.2) is 0 Å². The summed E-state index contributed by atoms with van der Waals surface area (Å²) in [5, 5.41) is 3.37. The van der Waals surface area contributed by atoms with E-state index in [1.165, 1.54) is 12.8 Å².